The fourth-order valence-electron chi connectivity index (χ4n) is 2.46. The molecule has 0 unspecified atom stereocenters. The van der Waals surface area contributed by atoms with Gasteiger partial charge in [0.15, 0.2) is 5.96 Å². The molecule has 0 aromatic heterocycles. The number of ether oxygens (including phenoxy) is 1. The van der Waals surface area contributed by atoms with Crippen LogP contribution in [0, 0.1) is 0 Å². The Morgan fingerprint density at radius 2 is 1.85 bits per heavy atom. The van der Waals surface area contributed by atoms with Crippen molar-refractivity contribution in [2.24, 2.45) is 4.99 Å². The zero-order valence-electron chi connectivity index (χ0n) is 15.9. The first kappa shape index (κ1) is 21.0. The maximum Gasteiger partial charge on any atom is 0.208 e. The molecule has 0 radical (unpaired) electrons. The van der Waals surface area contributed by atoms with Gasteiger partial charge < -0.3 is 15.4 Å². The Morgan fingerprint density at radius 1 is 1.07 bits per heavy atom. The average molecular weight is 393 g/mol. The van der Waals surface area contributed by atoms with E-state index in [1.807, 2.05) is 31.2 Å². The SMILES string of the molecule is CCNC(=NCCCOc1ccc2ccccc2c1)NCCNS(C)(=O)=O. The molecule has 0 saturated carbocycles. The highest BCUT2D eigenvalue weighted by Crippen LogP contribution is 2.20. The van der Waals surface area contributed by atoms with Crippen molar-refractivity contribution in [1.82, 2.24) is 15.4 Å². The van der Waals surface area contributed by atoms with Crippen LogP contribution in [-0.4, -0.2) is 53.4 Å². The lowest BCUT2D eigenvalue weighted by atomic mass is 10.1. The summed E-state index contributed by atoms with van der Waals surface area (Å²) in [7, 11) is -3.17. The Hall–Kier alpha value is -2.32. The lowest BCUT2D eigenvalue weighted by Gasteiger charge is -2.11. The Morgan fingerprint density at radius 3 is 2.59 bits per heavy atom. The monoisotopic (exact) mass is 392 g/mol. The second-order valence-electron chi connectivity index (χ2n) is 6.06. The summed E-state index contributed by atoms with van der Waals surface area (Å²) in [6.45, 7) is 4.69. The second kappa shape index (κ2) is 10.7. The maximum atomic E-state index is 11.0. The Kier molecular flexibility index (Phi) is 8.35. The van der Waals surface area contributed by atoms with Gasteiger partial charge in [-0.1, -0.05) is 30.3 Å². The van der Waals surface area contributed by atoms with E-state index in [0.717, 1.165) is 30.4 Å². The van der Waals surface area contributed by atoms with Crippen LogP contribution in [0.3, 0.4) is 0 Å². The van der Waals surface area contributed by atoms with Gasteiger partial charge in [0.2, 0.25) is 10.0 Å². The standard InChI is InChI=1S/C19H28N4O3S/c1-3-20-19(22-12-13-23-27(2,24)25)21-11-6-14-26-18-10-9-16-7-4-5-8-17(16)15-18/h4-5,7-10,15,23H,3,6,11-14H2,1-2H3,(H2,20,21,22). The summed E-state index contributed by atoms with van der Waals surface area (Å²) < 4.78 is 30.3. The topological polar surface area (TPSA) is 91.8 Å². The van der Waals surface area contributed by atoms with Crippen LogP contribution in [0.2, 0.25) is 0 Å². The van der Waals surface area contributed by atoms with Gasteiger partial charge in [0, 0.05) is 32.6 Å². The fraction of sp³-hybridized carbons (Fsp3) is 0.421. The number of benzene rings is 2. The quantitative estimate of drug-likeness (QED) is 0.325. The molecule has 0 atom stereocenters. The number of hydrogen-bond acceptors (Lipinski definition) is 4. The molecule has 0 bridgehead atoms. The van der Waals surface area contributed by atoms with E-state index >= 15 is 0 Å². The first-order chi connectivity index (χ1) is 13.0. The van der Waals surface area contributed by atoms with E-state index in [-0.39, 0.29) is 0 Å². The first-order valence-corrected chi connectivity index (χ1v) is 11.0. The smallest absolute Gasteiger partial charge is 0.208 e. The van der Waals surface area contributed by atoms with Gasteiger partial charge in [-0.2, -0.15) is 0 Å². The third-order valence-corrected chi connectivity index (χ3v) is 4.42. The molecule has 27 heavy (non-hydrogen) atoms. The number of guanidine groups is 1. The molecule has 7 nitrogen and oxygen atoms in total. The van der Waals surface area contributed by atoms with Crippen LogP contribution in [0.1, 0.15) is 13.3 Å². The van der Waals surface area contributed by atoms with Gasteiger partial charge in [-0.15, -0.1) is 0 Å². The summed E-state index contributed by atoms with van der Waals surface area (Å²) in [5, 5.41) is 8.58. The summed E-state index contributed by atoms with van der Waals surface area (Å²) >= 11 is 0. The molecule has 0 amide bonds. The number of nitrogens with zero attached hydrogens (tertiary/aromatic N) is 1. The van der Waals surface area contributed by atoms with Crippen LogP contribution in [-0.2, 0) is 10.0 Å². The molecule has 3 N–H and O–H groups in total. The molecule has 0 aliphatic rings. The van der Waals surface area contributed by atoms with Gasteiger partial charge in [0.05, 0.1) is 12.9 Å². The van der Waals surface area contributed by atoms with Crippen LogP contribution >= 0.6 is 0 Å². The zero-order chi connectivity index (χ0) is 19.5. The first-order valence-electron chi connectivity index (χ1n) is 9.06. The zero-order valence-corrected chi connectivity index (χ0v) is 16.7. The van der Waals surface area contributed by atoms with E-state index in [9.17, 15) is 8.42 Å². The van der Waals surface area contributed by atoms with Crippen LogP contribution in [0.4, 0.5) is 0 Å². The largest absolute Gasteiger partial charge is 0.494 e. The average Bonchev–Trinajstić information content (AvgIpc) is 2.64. The molecule has 0 aliphatic heterocycles. The maximum absolute atomic E-state index is 11.0. The normalized spacial score (nSPS) is 12.1. The third kappa shape index (κ3) is 8.27. The van der Waals surface area contributed by atoms with Crippen molar-refractivity contribution in [2.75, 3.05) is 39.0 Å². The van der Waals surface area contributed by atoms with Gasteiger partial charge in [0.1, 0.15) is 5.75 Å². The van der Waals surface area contributed by atoms with Crippen LogP contribution < -0.4 is 20.1 Å². The Labute approximate surface area is 161 Å². The highest BCUT2D eigenvalue weighted by molar-refractivity contribution is 7.88. The molecule has 2 aromatic carbocycles. The van der Waals surface area contributed by atoms with Crippen molar-refractivity contribution < 1.29 is 13.2 Å². The summed E-state index contributed by atoms with van der Waals surface area (Å²) in [6.07, 6.45) is 1.92. The van der Waals surface area contributed by atoms with Gasteiger partial charge in [-0.05, 0) is 29.8 Å². The minimum atomic E-state index is -3.17. The number of hydrogen-bond donors (Lipinski definition) is 3. The molecular formula is C19H28N4O3S. The van der Waals surface area contributed by atoms with E-state index in [1.54, 1.807) is 0 Å². The van der Waals surface area contributed by atoms with E-state index in [4.69, 9.17) is 4.74 Å². The molecule has 0 spiro atoms. The highest BCUT2D eigenvalue weighted by Gasteiger charge is 2.01. The lowest BCUT2D eigenvalue weighted by Crippen LogP contribution is -2.41. The van der Waals surface area contributed by atoms with Gasteiger partial charge in [0.25, 0.3) is 0 Å². The summed E-state index contributed by atoms with van der Waals surface area (Å²) in [4.78, 5) is 4.47. The van der Waals surface area contributed by atoms with Crippen molar-refractivity contribution in [1.29, 1.82) is 0 Å². The number of fused-ring (bicyclic) bond motifs is 1. The predicted octanol–water partition coefficient (Wildman–Crippen LogP) is 1.71. The van der Waals surface area contributed by atoms with E-state index < -0.39 is 10.0 Å². The van der Waals surface area contributed by atoms with E-state index in [0.29, 0.717) is 32.2 Å². The predicted molar refractivity (Wildman–Crippen MR) is 111 cm³/mol. The Bertz CT molecular complexity index is 853. The van der Waals surface area contributed by atoms with E-state index in [2.05, 4.69) is 38.5 Å². The minimum Gasteiger partial charge on any atom is -0.494 e. The molecule has 0 heterocycles. The van der Waals surface area contributed by atoms with E-state index in [1.165, 1.54) is 5.39 Å². The van der Waals surface area contributed by atoms with Crippen molar-refractivity contribution in [3.8, 4) is 5.75 Å². The Balaban J connectivity index is 1.72. The summed E-state index contributed by atoms with van der Waals surface area (Å²) in [5.41, 5.74) is 0. The van der Waals surface area contributed by atoms with Crippen molar-refractivity contribution in [3.63, 3.8) is 0 Å². The number of sulfonamides is 1. The lowest BCUT2D eigenvalue weighted by molar-refractivity contribution is 0.314. The number of aliphatic imine (C=N–C) groups is 1. The summed E-state index contributed by atoms with van der Waals surface area (Å²) in [5.74, 6) is 1.52. The van der Waals surface area contributed by atoms with Crippen LogP contribution in [0.15, 0.2) is 47.5 Å². The van der Waals surface area contributed by atoms with Crippen molar-refractivity contribution >= 4 is 26.8 Å². The summed E-state index contributed by atoms with van der Waals surface area (Å²) in [6, 6.07) is 14.3. The van der Waals surface area contributed by atoms with Gasteiger partial charge >= 0.3 is 0 Å². The molecule has 0 saturated heterocycles. The van der Waals surface area contributed by atoms with Crippen molar-refractivity contribution in [2.45, 2.75) is 13.3 Å². The fourth-order valence-corrected chi connectivity index (χ4v) is 2.93. The van der Waals surface area contributed by atoms with Crippen LogP contribution in [0.5, 0.6) is 5.75 Å². The number of nitrogens with one attached hydrogen (secondary N) is 3. The number of rotatable bonds is 10. The molecular weight excluding hydrogens is 364 g/mol. The second-order valence-corrected chi connectivity index (χ2v) is 7.90. The third-order valence-electron chi connectivity index (χ3n) is 3.69. The van der Waals surface area contributed by atoms with Gasteiger partial charge in [-0.3, -0.25) is 4.99 Å². The van der Waals surface area contributed by atoms with Gasteiger partial charge in [-0.25, -0.2) is 13.1 Å². The molecule has 0 fully saturated rings. The minimum absolute atomic E-state index is 0.314. The molecule has 0 aliphatic carbocycles. The molecule has 8 heteroatoms. The van der Waals surface area contributed by atoms with Crippen molar-refractivity contribution in [3.05, 3.63) is 42.5 Å². The molecule has 148 valence electrons. The van der Waals surface area contributed by atoms with Crippen LogP contribution in [0.25, 0.3) is 10.8 Å². The molecule has 2 rings (SSSR count). The highest BCUT2D eigenvalue weighted by atomic mass is 32.2. The molecule has 2 aromatic rings.